The molecule has 1 amide bonds. The molecule has 0 bridgehead atoms. The molecule has 2 aromatic rings. The van der Waals surface area contributed by atoms with Crippen LogP contribution in [-0.4, -0.2) is 29.6 Å². The molecular weight excluding hydrogens is 230 g/mol. The highest BCUT2D eigenvalue weighted by Crippen LogP contribution is 2.23. The number of rotatable bonds is 2. The van der Waals surface area contributed by atoms with Crippen molar-refractivity contribution >= 4 is 17.0 Å². The van der Waals surface area contributed by atoms with Crippen LogP contribution in [0.1, 0.15) is 0 Å². The summed E-state index contributed by atoms with van der Waals surface area (Å²) in [5, 5.41) is 9.41. The van der Waals surface area contributed by atoms with E-state index in [9.17, 15) is 4.79 Å². The van der Waals surface area contributed by atoms with Crippen LogP contribution in [0.3, 0.4) is 0 Å². The Bertz CT molecular complexity index is 614. The average Bonchev–Trinajstić information content (AvgIpc) is 2.39. The molecule has 5 nitrogen and oxygen atoms in total. The van der Waals surface area contributed by atoms with Gasteiger partial charge in [0.25, 0.3) is 0 Å². The molecule has 0 aliphatic rings. The summed E-state index contributed by atoms with van der Waals surface area (Å²) in [7, 11) is 1.50. The number of benzene rings is 1. The van der Waals surface area contributed by atoms with Gasteiger partial charge in [-0.25, -0.2) is 4.79 Å². The maximum Gasteiger partial charge on any atom is 0.415 e. The maximum absolute atomic E-state index is 11.7. The van der Waals surface area contributed by atoms with E-state index in [0.717, 1.165) is 5.39 Å². The van der Waals surface area contributed by atoms with Crippen LogP contribution in [0.15, 0.2) is 36.5 Å². The summed E-state index contributed by atoms with van der Waals surface area (Å²) >= 11 is 0. The SMILES string of the molecule is CN(CC#N)C(=O)Oc1cccc2cccnc12. The van der Waals surface area contributed by atoms with Gasteiger partial charge in [-0.1, -0.05) is 18.2 Å². The van der Waals surface area contributed by atoms with Crippen molar-refractivity contribution in [2.24, 2.45) is 0 Å². The van der Waals surface area contributed by atoms with E-state index in [1.165, 1.54) is 11.9 Å². The first kappa shape index (κ1) is 11.9. The lowest BCUT2D eigenvalue weighted by molar-refractivity contribution is 0.168. The van der Waals surface area contributed by atoms with Gasteiger partial charge in [0.1, 0.15) is 12.1 Å². The number of pyridine rings is 1. The van der Waals surface area contributed by atoms with Crippen LogP contribution in [0.2, 0.25) is 0 Å². The minimum Gasteiger partial charge on any atom is -0.408 e. The molecule has 0 N–H and O–H groups in total. The number of ether oxygens (including phenoxy) is 1. The van der Waals surface area contributed by atoms with Gasteiger partial charge >= 0.3 is 6.09 Å². The summed E-state index contributed by atoms with van der Waals surface area (Å²) in [6, 6.07) is 10.9. The molecule has 0 aliphatic heterocycles. The Balaban J connectivity index is 2.27. The van der Waals surface area contributed by atoms with Crippen molar-refractivity contribution in [1.82, 2.24) is 9.88 Å². The van der Waals surface area contributed by atoms with Crippen molar-refractivity contribution in [3.05, 3.63) is 36.5 Å². The molecule has 0 saturated heterocycles. The van der Waals surface area contributed by atoms with Crippen molar-refractivity contribution in [3.63, 3.8) is 0 Å². The summed E-state index contributed by atoms with van der Waals surface area (Å²) in [5.74, 6) is 0.392. The van der Waals surface area contributed by atoms with E-state index in [4.69, 9.17) is 10.00 Å². The minimum absolute atomic E-state index is 0.0168. The van der Waals surface area contributed by atoms with Gasteiger partial charge in [-0.15, -0.1) is 0 Å². The van der Waals surface area contributed by atoms with Crippen molar-refractivity contribution in [3.8, 4) is 11.8 Å². The molecule has 2 rings (SSSR count). The molecule has 5 heteroatoms. The number of nitriles is 1. The maximum atomic E-state index is 11.7. The van der Waals surface area contributed by atoms with Crippen LogP contribution in [0.4, 0.5) is 4.79 Å². The lowest BCUT2D eigenvalue weighted by atomic mass is 10.2. The first-order valence-electron chi connectivity index (χ1n) is 5.36. The highest BCUT2D eigenvalue weighted by molar-refractivity contribution is 5.86. The number of carbonyl (C=O) groups is 1. The molecule has 0 aliphatic carbocycles. The average molecular weight is 241 g/mol. The van der Waals surface area contributed by atoms with E-state index in [1.54, 1.807) is 18.3 Å². The third-order valence-electron chi connectivity index (χ3n) is 2.41. The standard InChI is InChI=1S/C13H11N3O2/c1-16(9-7-14)13(17)18-11-6-2-4-10-5-3-8-15-12(10)11/h2-6,8H,9H2,1H3. The van der Waals surface area contributed by atoms with E-state index in [2.05, 4.69) is 4.98 Å². The highest BCUT2D eigenvalue weighted by Gasteiger charge is 2.12. The molecule has 1 aromatic carbocycles. The third kappa shape index (κ3) is 2.38. The van der Waals surface area contributed by atoms with E-state index < -0.39 is 6.09 Å². The first-order valence-corrected chi connectivity index (χ1v) is 5.36. The Morgan fingerprint density at radius 3 is 3.00 bits per heavy atom. The summed E-state index contributed by atoms with van der Waals surface area (Å²) in [5.41, 5.74) is 0.624. The third-order valence-corrected chi connectivity index (χ3v) is 2.41. The smallest absolute Gasteiger partial charge is 0.408 e. The Kier molecular flexibility index (Phi) is 3.39. The zero-order valence-electron chi connectivity index (χ0n) is 9.83. The molecule has 0 fully saturated rings. The number of fused-ring (bicyclic) bond motifs is 1. The van der Waals surface area contributed by atoms with Crippen molar-refractivity contribution in [1.29, 1.82) is 5.26 Å². The van der Waals surface area contributed by atoms with Gasteiger partial charge < -0.3 is 4.74 Å². The topological polar surface area (TPSA) is 66.2 Å². The molecule has 1 heterocycles. The van der Waals surface area contributed by atoms with E-state index in [-0.39, 0.29) is 6.54 Å². The van der Waals surface area contributed by atoms with E-state index >= 15 is 0 Å². The fourth-order valence-electron chi connectivity index (χ4n) is 1.50. The van der Waals surface area contributed by atoms with Crippen LogP contribution >= 0.6 is 0 Å². The lowest BCUT2D eigenvalue weighted by Gasteiger charge is -2.13. The molecule has 0 spiro atoms. The molecule has 18 heavy (non-hydrogen) atoms. The van der Waals surface area contributed by atoms with Crippen LogP contribution in [0.25, 0.3) is 10.9 Å². The number of carbonyl (C=O) groups excluding carboxylic acids is 1. The Labute approximate surface area is 104 Å². The summed E-state index contributed by atoms with van der Waals surface area (Å²) in [6.45, 7) is -0.0168. The second-order valence-corrected chi connectivity index (χ2v) is 3.71. The van der Waals surface area contributed by atoms with Crippen molar-refractivity contribution in [2.45, 2.75) is 0 Å². The van der Waals surface area contributed by atoms with Gasteiger partial charge in [-0.05, 0) is 12.1 Å². The number of aromatic nitrogens is 1. The fourth-order valence-corrected chi connectivity index (χ4v) is 1.50. The molecular formula is C13H11N3O2. The second-order valence-electron chi connectivity index (χ2n) is 3.71. The molecule has 0 saturated carbocycles. The zero-order valence-corrected chi connectivity index (χ0v) is 9.83. The number of hydrogen-bond donors (Lipinski definition) is 0. The summed E-state index contributed by atoms with van der Waals surface area (Å²) in [4.78, 5) is 17.0. The van der Waals surface area contributed by atoms with Gasteiger partial charge in [0.15, 0.2) is 5.75 Å². The minimum atomic E-state index is -0.574. The predicted octanol–water partition coefficient (Wildman–Crippen LogP) is 2.19. The normalized spacial score (nSPS) is 9.78. The Hall–Kier alpha value is -2.61. The van der Waals surface area contributed by atoms with E-state index in [1.807, 2.05) is 24.3 Å². The monoisotopic (exact) mass is 241 g/mol. The van der Waals surface area contributed by atoms with Gasteiger partial charge in [-0.3, -0.25) is 9.88 Å². The van der Waals surface area contributed by atoms with Crippen LogP contribution < -0.4 is 4.74 Å². The molecule has 0 unspecified atom stereocenters. The van der Waals surface area contributed by atoms with Crippen LogP contribution in [-0.2, 0) is 0 Å². The molecule has 0 radical (unpaired) electrons. The lowest BCUT2D eigenvalue weighted by Crippen LogP contribution is -2.29. The Morgan fingerprint density at radius 2 is 2.22 bits per heavy atom. The summed E-state index contributed by atoms with van der Waals surface area (Å²) in [6.07, 6.45) is 1.06. The number of hydrogen-bond acceptors (Lipinski definition) is 4. The summed E-state index contributed by atoms with van der Waals surface area (Å²) < 4.78 is 5.22. The first-order chi connectivity index (χ1) is 8.72. The Morgan fingerprint density at radius 1 is 1.44 bits per heavy atom. The largest absolute Gasteiger partial charge is 0.415 e. The quantitative estimate of drug-likeness (QED) is 0.756. The number of nitrogens with zero attached hydrogens (tertiary/aromatic N) is 3. The van der Waals surface area contributed by atoms with Gasteiger partial charge in [0.2, 0.25) is 0 Å². The van der Waals surface area contributed by atoms with Crippen molar-refractivity contribution in [2.75, 3.05) is 13.6 Å². The highest BCUT2D eigenvalue weighted by atomic mass is 16.6. The second kappa shape index (κ2) is 5.15. The van der Waals surface area contributed by atoms with Gasteiger partial charge in [-0.2, -0.15) is 5.26 Å². The van der Waals surface area contributed by atoms with Crippen LogP contribution in [0.5, 0.6) is 5.75 Å². The fraction of sp³-hybridized carbons (Fsp3) is 0.154. The number of amides is 1. The molecule has 90 valence electrons. The van der Waals surface area contributed by atoms with Gasteiger partial charge in [0.05, 0.1) is 6.07 Å². The predicted molar refractivity (Wildman–Crippen MR) is 66.0 cm³/mol. The zero-order chi connectivity index (χ0) is 13.0. The number of para-hydroxylation sites is 1. The molecule has 0 atom stereocenters. The van der Waals surface area contributed by atoms with Gasteiger partial charge in [0, 0.05) is 18.6 Å². The van der Waals surface area contributed by atoms with Crippen molar-refractivity contribution < 1.29 is 9.53 Å². The van der Waals surface area contributed by atoms with Crippen LogP contribution in [0, 0.1) is 11.3 Å². The van der Waals surface area contributed by atoms with E-state index in [0.29, 0.717) is 11.3 Å². The molecule has 1 aromatic heterocycles.